The van der Waals surface area contributed by atoms with Crippen molar-refractivity contribution in [3.63, 3.8) is 0 Å². The van der Waals surface area contributed by atoms with E-state index in [2.05, 4.69) is 0 Å². The fourth-order valence-corrected chi connectivity index (χ4v) is 2.96. The molecule has 0 aromatic heterocycles. The normalized spacial score (nSPS) is 22.3. The predicted octanol–water partition coefficient (Wildman–Crippen LogP) is 4.17. The largest absolute Gasteiger partial charge is 0.481 e. The number of alkyl halides is 3. The van der Waals surface area contributed by atoms with Gasteiger partial charge in [0.15, 0.2) is 5.78 Å². The third-order valence-corrected chi connectivity index (χ3v) is 4.20. The Hall–Kier alpha value is -1.85. The lowest BCUT2D eigenvalue weighted by Crippen LogP contribution is -2.23. The summed E-state index contributed by atoms with van der Waals surface area (Å²) in [4.78, 5) is 23.0. The summed E-state index contributed by atoms with van der Waals surface area (Å²) in [5.74, 6) is -1.79. The van der Waals surface area contributed by atoms with Crippen LogP contribution in [0.1, 0.15) is 48.0 Å². The molecular weight excluding hydrogens is 297 g/mol. The smallest absolute Gasteiger partial charge is 0.417 e. The van der Waals surface area contributed by atoms with Crippen LogP contribution in [0.2, 0.25) is 0 Å². The minimum Gasteiger partial charge on any atom is -0.481 e. The van der Waals surface area contributed by atoms with Crippen molar-refractivity contribution in [2.24, 2.45) is 11.8 Å². The van der Waals surface area contributed by atoms with Crippen LogP contribution in [0.3, 0.4) is 0 Å². The van der Waals surface area contributed by atoms with E-state index in [-0.39, 0.29) is 17.9 Å². The second-order valence-corrected chi connectivity index (χ2v) is 5.73. The maximum Gasteiger partial charge on any atom is 0.417 e. The number of carbonyl (C=O) groups is 2. The number of ketones is 1. The fourth-order valence-electron chi connectivity index (χ4n) is 2.96. The number of hydrogen-bond acceptors (Lipinski definition) is 2. The van der Waals surface area contributed by atoms with Gasteiger partial charge in [0, 0.05) is 12.0 Å². The topological polar surface area (TPSA) is 54.4 Å². The van der Waals surface area contributed by atoms with Crippen LogP contribution in [0.25, 0.3) is 0 Å². The minimum absolute atomic E-state index is 0.0376. The average Bonchev–Trinajstić information content (AvgIpc) is 2.47. The van der Waals surface area contributed by atoms with Gasteiger partial charge < -0.3 is 5.11 Å². The zero-order valence-electron chi connectivity index (χ0n) is 11.9. The molecule has 1 aliphatic rings. The molecule has 0 unspecified atom stereocenters. The van der Waals surface area contributed by atoms with Crippen LogP contribution in [0.15, 0.2) is 24.3 Å². The summed E-state index contributed by atoms with van der Waals surface area (Å²) in [6.45, 7) is 0. The van der Waals surface area contributed by atoms with Crippen LogP contribution in [0, 0.1) is 11.8 Å². The zero-order valence-corrected chi connectivity index (χ0v) is 11.9. The van der Waals surface area contributed by atoms with Crippen LogP contribution in [-0.4, -0.2) is 16.9 Å². The summed E-state index contributed by atoms with van der Waals surface area (Å²) < 4.78 is 38.7. The molecule has 1 aromatic carbocycles. The molecule has 0 saturated heterocycles. The van der Waals surface area contributed by atoms with Crippen LogP contribution in [0.4, 0.5) is 13.2 Å². The number of halogens is 3. The van der Waals surface area contributed by atoms with E-state index in [4.69, 9.17) is 5.11 Å². The van der Waals surface area contributed by atoms with Crippen molar-refractivity contribution in [3.8, 4) is 0 Å². The number of hydrogen-bond donors (Lipinski definition) is 1. The molecule has 0 atom stereocenters. The molecule has 6 heteroatoms. The number of Topliss-reactive ketones (excluding diaryl/α,β-unsaturated/α-hetero) is 1. The van der Waals surface area contributed by atoms with Gasteiger partial charge >= 0.3 is 12.1 Å². The molecule has 0 amide bonds. The molecule has 120 valence electrons. The van der Waals surface area contributed by atoms with Gasteiger partial charge in [-0.05, 0) is 37.7 Å². The van der Waals surface area contributed by atoms with Gasteiger partial charge in [-0.3, -0.25) is 9.59 Å². The molecule has 0 radical (unpaired) electrons. The van der Waals surface area contributed by atoms with E-state index in [1.54, 1.807) is 0 Å². The molecule has 1 saturated carbocycles. The highest BCUT2D eigenvalue weighted by Crippen LogP contribution is 2.35. The first-order chi connectivity index (χ1) is 10.3. The first kappa shape index (κ1) is 16.5. The molecule has 1 N–H and O–H groups in total. The lowest BCUT2D eigenvalue weighted by Gasteiger charge is -2.25. The highest BCUT2D eigenvalue weighted by atomic mass is 19.4. The lowest BCUT2D eigenvalue weighted by atomic mass is 9.79. The summed E-state index contributed by atoms with van der Waals surface area (Å²) >= 11 is 0. The third-order valence-electron chi connectivity index (χ3n) is 4.20. The molecule has 0 heterocycles. The van der Waals surface area contributed by atoms with Crippen LogP contribution < -0.4 is 0 Å². The number of aliphatic carboxylic acids is 1. The van der Waals surface area contributed by atoms with Crippen LogP contribution in [-0.2, 0) is 11.0 Å². The van der Waals surface area contributed by atoms with Crippen molar-refractivity contribution in [1.82, 2.24) is 0 Å². The summed E-state index contributed by atoms with van der Waals surface area (Å²) in [5, 5.41) is 8.92. The molecule has 22 heavy (non-hydrogen) atoms. The summed E-state index contributed by atoms with van der Waals surface area (Å²) in [5.41, 5.74) is -1.20. The highest BCUT2D eigenvalue weighted by molar-refractivity contribution is 5.97. The predicted molar refractivity (Wildman–Crippen MR) is 73.5 cm³/mol. The van der Waals surface area contributed by atoms with Crippen molar-refractivity contribution in [2.45, 2.75) is 38.3 Å². The van der Waals surface area contributed by atoms with Gasteiger partial charge in [-0.25, -0.2) is 0 Å². The molecule has 1 fully saturated rings. The van der Waals surface area contributed by atoms with E-state index in [1.807, 2.05) is 0 Å². The Kier molecular flexibility index (Phi) is 4.88. The number of benzene rings is 1. The van der Waals surface area contributed by atoms with Crippen molar-refractivity contribution in [3.05, 3.63) is 35.4 Å². The van der Waals surface area contributed by atoms with E-state index in [0.717, 1.165) is 6.07 Å². The molecular formula is C16H17F3O3. The molecule has 2 rings (SSSR count). The van der Waals surface area contributed by atoms with Gasteiger partial charge in [-0.1, -0.05) is 18.2 Å². The zero-order chi connectivity index (χ0) is 16.3. The molecule has 0 bridgehead atoms. The SMILES string of the molecule is O=C(CC1CCC(C(=O)O)CC1)c1ccccc1C(F)(F)F. The quantitative estimate of drug-likeness (QED) is 0.849. The van der Waals surface area contributed by atoms with Crippen LogP contribution >= 0.6 is 0 Å². The summed E-state index contributed by atoms with van der Waals surface area (Å²) in [7, 11) is 0. The number of carbonyl (C=O) groups excluding carboxylic acids is 1. The third kappa shape index (κ3) is 3.87. The molecule has 1 aliphatic carbocycles. The van der Waals surface area contributed by atoms with Crippen molar-refractivity contribution in [1.29, 1.82) is 0 Å². The van der Waals surface area contributed by atoms with Crippen molar-refractivity contribution < 1.29 is 27.9 Å². The van der Waals surface area contributed by atoms with Gasteiger partial charge in [-0.2, -0.15) is 13.2 Å². The Labute approximate surface area is 126 Å². The molecule has 1 aromatic rings. The maximum atomic E-state index is 12.9. The standard InChI is InChI=1S/C16H17F3O3/c17-16(18,19)13-4-2-1-3-12(13)14(20)9-10-5-7-11(8-6-10)15(21)22/h1-4,10-11H,5-9H2,(H,21,22). The second kappa shape index (κ2) is 6.50. The molecule has 3 nitrogen and oxygen atoms in total. The highest BCUT2D eigenvalue weighted by Gasteiger charge is 2.35. The first-order valence-corrected chi connectivity index (χ1v) is 7.21. The molecule has 0 aliphatic heterocycles. The minimum atomic E-state index is -4.55. The maximum absolute atomic E-state index is 12.9. The Morgan fingerprint density at radius 2 is 1.68 bits per heavy atom. The Balaban J connectivity index is 2.04. The van der Waals surface area contributed by atoms with Crippen LogP contribution in [0.5, 0.6) is 0 Å². The number of carboxylic acid groups (broad SMARTS) is 1. The van der Waals surface area contributed by atoms with Crippen molar-refractivity contribution in [2.75, 3.05) is 0 Å². The Morgan fingerprint density at radius 3 is 2.23 bits per heavy atom. The van der Waals surface area contributed by atoms with E-state index < -0.39 is 29.4 Å². The van der Waals surface area contributed by atoms with Gasteiger partial charge in [0.25, 0.3) is 0 Å². The van der Waals surface area contributed by atoms with E-state index >= 15 is 0 Å². The Bertz CT molecular complexity index is 558. The fraction of sp³-hybridized carbons (Fsp3) is 0.500. The first-order valence-electron chi connectivity index (χ1n) is 7.21. The van der Waals surface area contributed by atoms with Gasteiger partial charge in [0.1, 0.15) is 0 Å². The van der Waals surface area contributed by atoms with Gasteiger partial charge in [0.05, 0.1) is 11.5 Å². The lowest BCUT2D eigenvalue weighted by molar-refractivity contribution is -0.143. The number of carboxylic acids is 1. The molecule has 0 spiro atoms. The van der Waals surface area contributed by atoms with Gasteiger partial charge in [0.2, 0.25) is 0 Å². The van der Waals surface area contributed by atoms with Crippen molar-refractivity contribution >= 4 is 11.8 Å². The Morgan fingerprint density at radius 1 is 1.09 bits per heavy atom. The van der Waals surface area contributed by atoms with E-state index in [0.29, 0.717) is 25.7 Å². The summed E-state index contributed by atoms with van der Waals surface area (Å²) in [6, 6.07) is 4.80. The monoisotopic (exact) mass is 314 g/mol. The summed E-state index contributed by atoms with van der Waals surface area (Å²) in [6.07, 6.45) is -2.41. The second-order valence-electron chi connectivity index (χ2n) is 5.73. The number of rotatable bonds is 4. The van der Waals surface area contributed by atoms with E-state index in [9.17, 15) is 22.8 Å². The van der Waals surface area contributed by atoms with Gasteiger partial charge in [-0.15, -0.1) is 0 Å². The average molecular weight is 314 g/mol. The van der Waals surface area contributed by atoms with E-state index in [1.165, 1.54) is 18.2 Å².